The van der Waals surface area contributed by atoms with Crippen molar-refractivity contribution in [2.75, 3.05) is 13.7 Å². The van der Waals surface area contributed by atoms with Crippen LogP contribution in [0.15, 0.2) is 11.4 Å². The summed E-state index contributed by atoms with van der Waals surface area (Å²) in [6.07, 6.45) is 0. The monoisotopic (exact) mass is 242 g/mol. The third-order valence-electron chi connectivity index (χ3n) is 2.41. The van der Waals surface area contributed by atoms with Crippen LogP contribution < -0.4 is 15.8 Å². The maximum absolute atomic E-state index is 11.8. The first-order valence-corrected chi connectivity index (χ1v) is 6.09. The Labute approximate surface area is 99.8 Å². The van der Waals surface area contributed by atoms with Crippen molar-refractivity contribution >= 4 is 17.2 Å². The molecule has 5 heteroatoms. The molecular formula is C11H18N2O2S. The number of nitrogens with two attached hydrogens (primary N) is 1. The van der Waals surface area contributed by atoms with Crippen molar-refractivity contribution in [1.29, 1.82) is 0 Å². The standard InChI is InChI=1S/C11H18N2O2S/c1-7(2)8(12)6-13-11(14)10-9(15-3)4-5-16-10/h4-5,7-8H,6,12H2,1-3H3,(H,13,14). The van der Waals surface area contributed by atoms with Crippen LogP contribution in [0.25, 0.3) is 0 Å². The van der Waals surface area contributed by atoms with E-state index < -0.39 is 0 Å². The predicted molar refractivity (Wildman–Crippen MR) is 66.0 cm³/mol. The number of carbonyl (C=O) groups is 1. The maximum Gasteiger partial charge on any atom is 0.265 e. The van der Waals surface area contributed by atoms with Crippen LogP contribution in [0, 0.1) is 5.92 Å². The van der Waals surface area contributed by atoms with Crippen molar-refractivity contribution in [3.63, 3.8) is 0 Å². The van der Waals surface area contributed by atoms with Crippen molar-refractivity contribution in [2.24, 2.45) is 11.7 Å². The van der Waals surface area contributed by atoms with Gasteiger partial charge in [-0.05, 0) is 17.4 Å². The fraction of sp³-hybridized carbons (Fsp3) is 0.545. The molecule has 0 saturated heterocycles. The molecule has 1 unspecified atom stereocenters. The molecule has 4 nitrogen and oxygen atoms in total. The van der Waals surface area contributed by atoms with E-state index in [-0.39, 0.29) is 11.9 Å². The summed E-state index contributed by atoms with van der Waals surface area (Å²) in [7, 11) is 1.55. The Bertz CT molecular complexity index is 350. The summed E-state index contributed by atoms with van der Waals surface area (Å²) in [5.41, 5.74) is 5.85. The summed E-state index contributed by atoms with van der Waals surface area (Å²) < 4.78 is 5.08. The number of methoxy groups -OCH3 is 1. The Kier molecular flexibility index (Phi) is 4.76. The molecule has 1 atom stereocenters. The number of thiophene rings is 1. The number of hydrogen-bond acceptors (Lipinski definition) is 4. The van der Waals surface area contributed by atoms with Crippen LogP contribution in [-0.4, -0.2) is 25.6 Å². The zero-order chi connectivity index (χ0) is 12.1. The molecule has 1 aromatic rings. The smallest absolute Gasteiger partial charge is 0.265 e. The van der Waals surface area contributed by atoms with Gasteiger partial charge < -0.3 is 15.8 Å². The van der Waals surface area contributed by atoms with Gasteiger partial charge in [0, 0.05) is 12.6 Å². The molecular weight excluding hydrogens is 224 g/mol. The third kappa shape index (κ3) is 3.21. The summed E-state index contributed by atoms with van der Waals surface area (Å²) in [6, 6.07) is 1.76. The molecule has 90 valence electrons. The van der Waals surface area contributed by atoms with Crippen LogP contribution in [0.4, 0.5) is 0 Å². The van der Waals surface area contributed by atoms with Gasteiger partial charge >= 0.3 is 0 Å². The lowest BCUT2D eigenvalue weighted by Crippen LogP contribution is -2.40. The molecule has 0 aliphatic rings. The number of ether oxygens (including phenoxy) is 1. The molecule has 1 aromatic heterocycles. The van der Waals surface area contributed by atoms with E-state index >= 15 is 0 Å². The Morgan fingerprint density at radius 2 is 2.31 bits per heavy atom. The largest absolute Gasteiger partial charge is 0.495 e. The van der Waals surface area contributed by atoms with Crippen molar-refractivity contribution in [2.45, 2.75) is 19.9 Å². The lowest BCUT2D eigenvalue weighted by molar-refractivity contribution is 0.0950. The second-order valence-electron chi connectivity index (χ2n) is 3.94. The quantitative estimate of drug-likeness (QED) is 0.822. The molecule has 0 radical (unpaired) electrons. The zero-order valence-corrected chi connectivity index (χ0v) is 10.6. The summed E-state index contributed by atoms with van der Waals surface area (Å²) in [4.78, 5) is 12.4. The summed E-state index contributed by atoms with van der Waals surface area (Å²) in [5.74, 6) is 0.842. The second-order valence-corrected chi connectivity index (χ2v) is 4.85. The van der Waals surface area contributed by atoms with E-state index in [1.54, 1.807) is 13.2 Å². The lowest BCUT2D eigenvalue weighted by Gasteiger charge is -2.15. The van der Waals surface area contributed by atoms with E-state index in [9.17, 15) is 4.79 Å². The summed E-state index contributed by atoms with van der Waals surface area (Å²) in [6.45, 7) is 4.54. The number of carbonyl (C=O) groups excluding carboxylic acids is 1. The third-order valence-corrected chi connectivity index (χ3v) is 3.30. The topological polar surface area (TPSA) is 64.3 Å². The highest BCUT2D eigenvalue weighted by molar-refractivity contribution is 7.12. The molecule has 0 fully saturated rings. The molecule has 0 saturated carbocycles. The average molecular weight is 242 g/mol. The van der Waals surface area contributed by atoms with Gasteiger partial charge in [-0.25, -0.2) is 0 Å². The summed E-state index contributed by atoms with van der Waals surface area (Å²) in [5, 5.41) is 4.64. The molecule has 1 heterocycles. The van der Waals surface area contributed by atoms with E-state index in [1.165, 1.54) is 11.3 Å². The highest BCUT2D eigenvalue weighted by atomic mass is 32.1. The van der Waals surface area contributed by atoms with E-state index in [0.717, 1.165) is 0 Å². The highest BCUT2D eigenvalue weighted by Gasteiger charge is 2.15. The highest BCUT2D eigenvalue weighted by Crippen LogP contribution is 2.23. The maximum atomic E-state index is 11.8. The Balaban J connectivity index is 2.53. The normalized spacial score (nSPS) is 12.6. The molecule has 16 heavy (non-hydrogen) atoms. The molecule has 0 aliphatic carbocycles. The van der Waals surface area contributed by atoms with E-state index in [0.29, 0.717) is 23.1 Å². The first-order chi connectivity index (χ1) is 7.56. The van der Waals surface area contributed by atoms with Gasteiger partial charge in [0.15, 0.2) is 0 Å². The number of rotatable bonds is 5. The molecule has 1 amide bonds. The molecule has 0 bridgehead atoms. The minimum atomic E-state index is -0.122. The van der Waals surface area contributed by atoms with Crippen LogP contribution in [0.1, 0.15) is 23.5 Å². The first-order valence-electron chi connectivity index (χ1n) is 5.21. The van der Waals surface area contributed by atoms with Crippen LogP contribution in [0.5, 0.6) is 5.75 Å². The fourth-order valence-corrected chi connectivity index (χ4v) is 1.92. The van der Waals surface area contributed by atoms with Crippen molar-refractivity contribution in [3.05, 3.63) is 16.3 Å². The zero-order valence-electron chi connectivity index (χ0n) is 9.82. The lowest BCUT2D eigenvalue weighted by atomic mass is 10.1. The van der Waals surface area contributed by atoms with Gasteiger partial charge in [0.05, 0.1) is 7.11 Å². The number of amides is 1. The van der Waals surface area contributed by atoms with E-state index in [4.69, 9.17) is 10.5 Å². The van der Waals surface area contributed by atoms with Crippen LogP contribution in [0.3, 0.4) is 0 Å². The number of nitrogens with one attached hydrogen (secondary N) is 1. The molecule has 1 rings (SSSR count). The van der Waals surface area contributed by atoms with Gasteiger partial charge in [-0.1, -0.05) is 13.8 Å². The number of hydrogen-bond donors (Lipinski definition) is 2. The van der Waals surface area contributed by atoms with E-state index in [2.05, 4.69) is 5.32 Å². The Morgan fingerprint density at radius 3 is 2.88 bits per heavy atom. The molecule has 0 aromatic carbocycles. The van der Waals surface area contributed by atoms with Gasteiger partial charge in [0.1, 0.15) is 10.6 Å². The van der Waals surface area contributed by atoms with Gasteiger partial charge in [0.25, 0.3) is 5.91 Å². The van der Waals surface area contributed by atoms with Crippen molar-refractivity contribution in [3.8, 4) is 5.75 Å². The van der Waals surface area contributed by atoms with Gasteiger partial charge in [-0.3, -0.25) is 4.79 Å². The fourth-order valence-electron chi connectivity index (χ4n) is 1.15. The molecule has 0 spiro atoms. The minimum Gasteiger partial charge on any atom is -0.495 e. The molecule has 0 aliphatic heterocycles. The van der Waals surface area contributed by atoms with Crippen LogP contribution >= 0.6 is 11.3 Å². The Morgan fingerprint density at radius 1 is 1.62 bits per heavy atom. The SMILES string of the molecule is COc1ccsc1C(=O)NCC(N)C(C)C. The predicted octanol–water partition coefficient (Wildman–Crippen LogP) is 1.47. The van der Waals surface area contributed by atoms with Crippen molar-refractivity contribution < 1.29 is 9.53 Å². The van der Waals surface area contributed by atoms with Gasteiger partial charge in [-0.2, -0.15) is 0 Å². The minimum absolute atomic E-state index is 0.0186. The van der Waals surface area contributed by atoms with Crippen molar-refractivity contribution in [1.82, 2.24) is 5.32 Å². The average Bonchev–Trinajstić information content (AvgIpc) is 2.73. The van der Waals surface area contributed by atoms with Gasteiger partial charge in [-0.15, -0.1) is 11.3 Å². The Hall–Kier alpha value is -1.07. The van der Waals surface area contributed by atoms with Crippen LogP contribution in [0.2, 0.25) is 0 Å². The van der Waals surface area contributed by atoms with Crippen LogP contribution in [-0.2, 0) is 0 Å². The van der Waals surface area contributed by atoms with Gasteiger partial charge in [0.2, 0.25) is 0 Å². The summed E-state index contributed by atoms with van der Waals surface area (Å²) >= 11 is 1.36. The molecule has 3 N–H and O–H groups in total. The second kappa shape index (κ2) is 5.86. The first kappa shape index (κ1) is 13.0. The van der Waals surface area contributed by atoms with E-state index in [1.807, 2.05) is 19.2 Å².